The fraction of sp³-hybridized carbons (Fsp3) is 0.625. The van der Waals surface area contributed by atoms with Crippen LogP contribution in [0, 0.1) is 17.8 Å². The van der Waals surface area contributed by atoms with Crippen LogP contribution in [0.3, 0.4) is 0 Å². The van der Waals surface area contributed by atoms with Gasteiger partial charge in [-0.3, -0.25) is 4.79 Å². The molecule has 0 aromatic heterocycles. The van der Waals surface area contributed by atoms with Crippen LogP contribution in [0.25, 0.3) is 0 Å². The van der Waals surface area contributed by atoms with E-state index in [1.165, 1.54) is 37.7 Å². The van der Waals surface area contributed by atoms with Crippen molar-refractivity contribution in [3.8, 4) is 0 Å². The Labute approximate surface area is 165 Å². The number of hydrogen-bond donors (Lipinski definition) is 2. The van der Waals surface area contributed by atoms with Gasteiger partial charge in [-0.1, -0.05) is 45.9 Å². The number of amides is 1. The lowest BCUT2D eigenvalue weighted by Crippen LogP contribution is -2.43. The molecule has 3 nitrogen and oxygen atoms in total. The highest BCUT2D eigenvalue weighted by Crippen LogP contribution is 2.39. The lowest BCUT2D eigenvalue weighted by atomic mass is 9.74. The fourth-order valence-corrected chi connectivity index (χ4v) is 5.06. The number of carbonyl (C=O) groups excluding carboxylic acids is 1. The minimum atomic E-state index is -0.159. The van der Waals surface area contributed by atoms with Crippen LogP contribution < -0.4 is 10.6 Å². The Morgan fingerprint density at radius 2 is 1.70 bits per heavy atom. The maximum Gasteiger partial charge on any atom is 0.246 e. The van der Waals surface area contributed by atoms with Crippen molar-refractivity contribution in [2.45, 2.75) is 77.7 Å². The first-order valence-electron chi connectivity index (χ1n) is 10.8. The van der Waals surface area contributed by atoms with Crippen molar-refractivity contribution in [1.82, 2.24) is 5.32 Å². The van der Waals surface area contributed by atoms with Gasteiger partial charge >= 0.3 is 0 Å². The molecule has 1 saturated carbocycles. The molecular formula is C24H36N2O. The molecule has 3 atom stereocenters. The molecule has 3 heteroatoms. The highest BCUT2D eigenvalue weighted by Gasteiger charge is 2.26. The smallest absolute Gasteiger partial charge is 0.246 e. The summed E-state index contributed by atoms with van der Waals surface area (Å²) in [6.07, 6.45) is 8.31. The summed E-state index contributed by atoms with van der Waals surface area (Å²) < 4.78 is 0. The molecule has 1 heterocycles. The quantitative estimate of drug-likeness (QED) is 0.700. The normalized spacial score (nSPS) is 32.3. The Morgan fingerprint density at radius 1 is 1.07 bits per heavy atom. The van der Waals surface area contributed by atoms with E-state index in [1.807, 2.05) is 0 Å². The lowest BCUT2D eigenvalue weighted by Gasteiger charge is -2.32. The second kappa shape index (κ2) is 8.95. The lowest BCUT2D eigenvalue weighted by molar-refractivity contribution is -0.122. The molecule has 1 aliphatic heterocycles. The zero-order chi connectivity index (χ0) is 19.4. The van der Waals surface area contributed by atoms with Gasteiger partial charge in [0.2, 0.25) is 5.91 Å². The predicted octanol–water partition coefficient (Wildman–Crippen LogP) is 5.85. The molecule has 148 valence electrons. The van der Waals surface area contributed by atoms with E-state index in [-0.39, 0.29) is 11.9 Å². The summed E-state index contributed by atoms with van der Waals surface area (Å²) in [6, 6.07) is 8.67. The van der Waals surface area contributed by atoms with E-state index in [9.17, 15) is 4.79 Å². The third kappa shape index (κ3) is 5.37. The average Bonchev–Trinajstić information content (AvgIpc) is 2.62. The average molecular weight is 369 g/mol. The molecule has 3 unspecified atom stereocenters. The van der Waals surface area contributed by atoms with Crippen molar-refractivity contribution in [3.05, 3.63) is 42.1 Å². The Kier molecular flexibility index (Phi) is 6.62. The molecule has 0 radical (unpaired) electrons. The summed E-state index contributed by atoms with van der Waals surface area (Å²) in [5.41, 5.74) is 3.31. The van der Waals surface area contributed by atoms with Crippen LogP contribution in [-0.4, -0.2) is 11.9 Å². The van der Waals surface area contributed by atoms with Crippen molar-refractivity contribution < 1.29 is 4.79 Å². The first-order valence-corrected chi connectivity index (χ1v) is 10.8. The highest BCUT2D eigenvalue weighted by molar-refractivity contribution is 5.87. The van der Waals surface area contributed by atoms with E-state index in [0.29, 0.717) is 5.92 Å². The third-order valence-electron chi connectivity index (χ3n) is 6.50. The van der Waals surface area contributed by atoms with E-state index >= 15 is 0 Å². The number of hydrogen-bond acceptors (Lipinski definition) is 2. The van der Waals surface area contributed by atoms with Gasteiger partial charge in [-0.05, 0) is 79.9 Å². The summed E-state index contributed by atoms with van der Waals surface area (Å²) >= 11 is 0. The van der Waals surface area contributed by atoms with Crippen LogP contribution in [-0.2, 0) is 4.79 Å². The van der Waals surface area contributed by atoms with Gasteiger partial charge in [0.25, 0.3) is 0 Å². The summed E-state index contributed by atoms with van der Waals surface area (Å²) in [7, 11) is 0. The van der Waals surface area contributed by atoms with Crippen LogP contribution in [0.15, 0.2) is 36.5 Å². The molecule has 1 aliphatic carbocycles. The fourth-order valence-electron chi connectivity index (χ4n) is 5.06. The van der Waals surface area contributed by atoms with Crippen LogP contribution in [0.4, 0.5) is 5.69 Å². The summed E-state index contributed by atoms with van der Waals surface area (Å²) in [4.78, 5) is 12.1. The maximum absolute atomic E-state index is 12.1. The van der Waals surface area contributed by atoms with Crippen molar-refractivity contribution in [1.29, 1.82) is 0 Å². The molecular weight excluding hydrogens is 332 g/mol. The van der Waals surface area contributed by atoms with Gasteiger partial charge in [0.1, 0.15) is 6.04 Å². The Bertz CT molecular complexity index is 637. The van der Waals surface area contributed by atoms with E-state index < -0.39 is 0 Å². The van der Waals surface area contributed by atoms with Crippen molar-refractivity contribution in [2.24, 2.45) is 17.8 Å². The number of nitrogens with one attached hydrogen (secondary N) is 2. The minimum absolute atomic E-state index is 0.0310. The molecule has 1 aromatic rings. The Hall–Kier alpha value is -1.77. The van der Waals surface area contributed by atoms with Crippen LogP contribution >= 0.6 is 0 Å². The highest BCUT2D eigenvalue weighted by atomic mass is 16.2. The van der Waals surface area contributed by atoms with Crippen molar-refractivity contribution in [3.63, 3.8) is 0 Å². The molecule has 1 saturated heterocycles. The van der Waals surface area contributed by atoms with E-state index in [0.717, 1.165) is 42.0 Å². The predicted molar refractivity (Wildman–Crippen MR) is 114 cm³/mol. The van der Waals surface area contributed by atoms with Crippen LogP contribution in [0.1, 0.15) is 77.2 Å². The largest absolute Gasteiger partial charge is 0.374 e. The van der Waals surface area contributed by atoms with E-state index in [2.05, 4.69) is 62.2 Å². The SMILES string of the molecule is C=C1CCC(Nc2ccc(C3CC(C)CC(CC)CC(C)C3)cc2)C(=O)N1. The second-order valence-electron chi connectivity index (χ2n) is 9.07. The van der Waals surface area contributed by atoms with Gasteiger partial charge in [-0.25, -0.2) is 0 Å². The summed E-state index contributed by atoms with van der Waals surface area (Å²) in [5, 5.41) is 6.23. The Balaban J connectivity index is 1.63. The molecule has 0 bridgehead atoms. The van der Waals surface area contributed by atoms with E-state index in [1.54, 1.807) is 0 Å². The molecule has 0 spiro atoms. The number of piperidine rings is 1. The number of anilines is 1. The molecule has 3 rings (SSSR count). The van der Waals surface area contributed by atoms with Gasteiger partial charge in [-0.15, -0.1) is 0 Å². The van der Waals surface area contributed by atoms with Crippen LogP contribution in [0.5, 0.6) is 0 Å². The first-order chi connectivity index (χ1) is 12.9. The summed E-state index contributed by atoms with van der Waals surface area (Å²) in [6.45, 7) is 11.0. The summed E-state index contributed by atoms with van der Waals surface area (Å²) in [5.74, 6) is 3.18. The third-order valence-corrected chi connectivity index (χ3v) is 6.50. The Morgan fingerprint density at radius 3 is 2.26 bits per heavy atom. The van der Waals surface area contributed by atoms with Gasteiger partial charge < -0.3 is 10.6 Å². The van der Waals surface area contributed by atoms with Gasteiger partial charge in [0.15, 0.2) is 0 Å². The monoisotopic (exact) mass is 368 g/mol. The van der Waals surface area contributed by atoms with Crippen LogP contribution in [0.2, 0.25) is 0 Å². The zero-order valence-corrected chi connectivity index (χ0v) is 17.3. The second-order valence-corrected chi connectivity index (χ2v) is 9.07. The van der Waals surface area contributed by atoms with Crippen molar-refractivity contribution in [2.75, 3.05) is 5.32 Å². The standard InChI is InChI=1S/C24H36N2O/c1-5-19-12-16(2)14-21(15-17(3)13-19)20-7-9-22(10-8-20)26-23-11-6-18(4)25-24(23)27/h7-10,16-17,19,21,23,26H,4-6,11-15H2,1-3H3,(H,25,27). The number of carbonyl (C=O) groups is 1. The molecule has 2 fully saturated rings. The number of rotatable bonds is 4. The molecule has 1 amide bonds. The van der Waals surface area contributed by atoms with Gasteiger partial charge in [0.05, 0.1) is 0 Å². The number of benzene rings is 1. The maximum atomic E-state index is 12.1. The topological polar surface area (TPSA) is 41.1 Å². The molecule has 2 N–H and O–H groups in total. The first kappa shape index (κ1) is 20.0. The van der Waals surface area contributed by atoms with Crippen molar-refractivity contribution >= 4 is 11.6 Å². The molecule has 1 aromatic carbocycles. The van der Waals surface area contributed by atoms with Gasteiger partial charge in [-0.2, -0.15) is 0 Å². The van der Waals surface area contributed by atoms with E-state index in [4.69, 9.17) is 0 Å². The molecule has 2 aliphatic rings. The minimum Gasteiger partial charge on any atom is -0.374 e. The molecule has 27 heavy (non-hydrogen) atoms. The van der Waals surface area contributed by atoms with Gasteiger partial charge in [0, 0.05) is 11.4 Å². The number of allylic oxidation sites excluding steroid dienone is 1. The zero-order valence-electron chi connectivity index (χ0n) is 17.3.